The lowest BCUT2D eigenvalue weighted by molar-refractivity contribution is 0.264. The number of benzene rings is 1. The first kappa shape index (κ1) is 17.4. The number of rotatable bonds is 7. The van der Waals surface area contributed by atoms with Crippen LogP contribution in [0.2, 0.25) is 0 Å². The fraction of sp³-hybridized carbons (Fsp3) is 0.647. The highest BCUT2D eigenvalue weighted by Gasteiger charge is 2.23. The quantitative estimate of drug-likeness (QED) is 0.806. The van der Waals surface area contributed by atoms with Gasteiger partial charge in [0.15, 0.2) is 0 Å². The summed E-state index contributed by atoms with van der Waals surface area (Å²) in [5.74, 6) is 0.904. The number of ether oxygens (including phenoxy) is 1. The van der Waals surface area contributed by atoms with Crippen LogP contribution in [0.5, 0.6) is 5.75 Å². The molecule has 0 bridgehead atoms. The fourth-order valence-electron chi connectivity index (χ4n) is 3.01. The summed E-state index contributed by atoms with van der Waals surface area (Å²) in [7, 11) is 1.70. The molecule has 5 heteroatoms. The molecule has 2 N–H and O–H groups in total. The predicted octanol–water partition coefficient (Wildman–Crippen LogP) is 2.37. The Morgan fingerprint density at radius 3 is 2.45 bits per heavy atom. The topological polar surface area (TPSA) is 44.7 Å². The van der Waals surface area contributed by atoms with Gasteiger partial charge in [-0.15, -0.1) is 0 Å². The molecule has 124 valence electrons. The summed E-state index contributed by atoms with van der Waals surface area (Å²) >= 11 is 1.73. The van der Waals surface area contributed by atoms with Gasteiger partial charge in [-0.1, -0.05) is 0 Å². The second-order valence-electron chi connectivity index (χ2n) is 5.87. The predicted molar refractivity (Wildman–Crippen MR) is 95.2 cm³/mol. The van der Waals surface area contributed by atoms with Crippen LogP contribution in [-0.4, -0.2) is 55.5 Å². The van der Waals surface area contributed by atoms with Crippen LogP contribution in [0.1, 0.15) is 19.8 Å². The standard InChI is InChI=1S/C17H28N2O2S/c1-13(17(12-20)22-3)18-14-8-10-19(11-9-14)15-4-6-16(21-2)7-5-15/h4-7,13-14,17-18,20H,8-12H2,1-3H3. The molecule has 0 aromatic heterocycles. The highest BCUT2D eigenvalue weighted by atomic mass is 32.2. The van der Waals surface area contributed by atoms with Crippen molar-refractivity contribution in [3.63, 3.8) is 0 Å². The number of thioether (sulfide) groups is 1. The number of aliphatic hydroxyl groups is 1. The van der Waals surface area contributed by atoms with E-state index >= 15 is 0 Å². The molecular formula is C17H28N2O2S. The number of piperidine rings is 1. The van der Waals surface area contributed by atoms with E-state index in [0.29, 0.717) is 12.1 Å². The maximum absolute atomic E-state index is 9.38. The lowest BCUT2D eigenvalue weighted by Gasteiger charge is -2.36. The van der Waals surface area contributed by atoms with Crippen LogP contribution < -0.4 is 15.0 Å². The zero-order valence-electron chi connectivity index (χ0n) is 13.8. The van der Waals surface area contributed by atoms with E-state index in [0.717, 1.165) is 31.7 Å². The molecule has 2 atom stereocenters. The van der Waals surface area contributed by atoms with Crippen molar-refractivity contribution in [2.75, 3.05) is 38.0 Å². The van der Waals surface area contributed by atoms with Crippen molar-refractivity contribution in [3.05, 3.63) is 24.3 Å². The maximum Gasteiger partial charge on any atom is 0.119 e. The normalized spacial score (nSPS) is 19.0. The Labute approximate surface area is 138 Å². The van der Waals surface area contributed by atoms with E-state index < -0.39 is 0 Å². The number of hydrogen-bond donors (Lipinski definition) is 2. The molecule has 0 amide bonds. The molecule has 1 aliphatic heterocycles. The molecule has 1 heterocycles. The van der Waals surface area contributed by atoms with Gasteiger partial charge in [-0.05, 0) is 50.3 Å². The number of nitrogens with one attached hydrogen (secondary N) is 1. The molecule has 2 unspecified atom stereocenters. The monoisotopic (exact) mass is 324 g/mol. The summed E-state index contributed by atoms with van der Waals surface area (Å²) in [6.45, 7) is 4.55. The van der Waals surface area contributed by atoms with Crippen molar-refractivity contribution < 1.29 is 9.84 Å². The zero-order chi connectivity index (χ0) is 15.9. The van der Waals surface area contributed by atoms with Gasteiger partial charge in [0.1, 0.15) is 5.75 Å². The molecule has 1 fully saturated rings. The maximum atomic E-state index is 9.38. The highest BCUT2D eigenvalue weighted by molar-refractivity contribution is 7.99. The van der Waals surface area contributed by atoms with Crippen LogP contribution in [0.25, 0.3) is 0 Å². The van der Waals surface area contributed by atoms with E-state index in [1.807, 2.05) is 12.1 Å². The molecule has 1 saturated heterocycles. The van der Waals surface area contributed by atoms with Crippen LogP contribution in [-0.2, 0) is 0 Å². The Morgan fingerprint density at radius 1 is 1.32 bits per heavy atom. The highest BCUT2D eigenvalue weighted by Crippen LogP contribution is 2.23. The molecule has 22 heavy (non-hydrogen) atoms. The molecule has 0 spiro atoms. The van der Waals surface area contributed by atoms with Crippen molar-refractivity contribution in [2.45, 2.75) is 37.1 Å². The second-order valence-corrected chi connectivity index (χ2v) is 6.95. The zero-order valence-corrected chi connectivity index (χ0v) is 14.6. The summed E-state index contributed by atoms with van der Waals surface area (Å²) in [6.07, 6.45) is 4.34. The van der Waals surface area contributed by atoms with Gasteiger partial charge in [0.25, 0.3) is 0 Å². The van der Waals surface area contributed by atoms with E-state index in [9.17, 15) is 5.11 Å². The van der Waals surface area contributed by atoms with Gasteiger partial charge in [0, 0.05) is 36.1 Å². The third-order valence-electron chi connectivity index (χ3n) is 4.47. The van der Waals surface area contributed by atoms with Crippen LogP contribution in [0.4, 0.5) is 5.69 Å². The van der Waals surface area contributed by atoms with Gasteiger partial charge >= 0.3 is 0 Å². The third-order valence-corrected chi connectivity index (χ3v) is 5.63. The Bertz CT molecular complexity index is 429. The van der Waals surface area contributed by atoms with E-state index in [2.05, 4.69) is 35.5 Å². The Hall–Kier alpha value is -0.910. The van der Waals surface area contributed by atoms with Crippen molar-refractivity contribution in [2.24, 2.45) is 0 Å². The van der Waals surface area contributed by atoms with Gasteiger partial charge in [0.05, 0.1) is 13.7 Å². The van der Waals surface area contributed by atoms with Crippen LogP contribution in [0, 0.1) is 0 Å². The Kier molecular flexibility index (Phi) is 6.86. The summed E-state index contributed by atoms with van der Waals surface area (Å²) in [6, 6.07) is 9.19. The molecule has 1 aromatic carbocycles. The molecule has 0 aliphatic carbocycles. The smallest absolute Gasteiger partial charge is 0.119 e. The van der Waals surface area contributed by atoms with Gasteiger partial charge in [-0.25, -0.2) is 0 Å². The number of anilines is 1. The number of nitrogens with zero attached hydrogens (tertiary/aromatic N) is 1. The minimum atomic E-state index is 0.236. The van der Waals surface area contributed by atoms with Crippen LogP contribution >= 0.6 is 11.8 Å². The minimum absolute atomic E-state index is 0.236. The van der Waals surface area contributed by atoms with Crippen molar-refractivity contribution in [1.29, 1.82) is 0 Å². The Balaban J connectivity index is 1.82. The lowest BCUT2D eigenvalue weighted by atomic mass is 10.0. The summed E-state index contributed by atoms with van der Waals surface area (Å²) in [4.78, 5) is 2.43. The van der Waals surface area contributed by atoms with Crippen LogP contribution in [0.3, 0.4) is 0 Å². The van der Waals surface area contributed by atoms with Crippen molar-refractivity contribution in [1.82, 2.24) is 5.32 Å². The van der Waals surface area contributed by atoms with E-state index in [-0.39, 0.29) is 11.9 Å². The lowest BCUT2D eigenvalue weighted by Crippen LogP contribution is -2.48. The van der Waals surface area contributed by atoms with Gasteiger partial charge in [-0.2, -0.15) is 11.8 Å². The van der Waals surface area contributed by atoms with Gasteiger partial charge in [0.2, 0.25) is 0 Å². The minimum Gasteiger partial charge on any atom is -0.497 e. The molecule has 1 aliphatic rings. The SMILES string of the molecule is COc1ccc(N2CCC(NC(C)C(CO)SC)CC2)cc1. The average molecular weight is 324 g/mol. The van der Waals surface area contributed by atoms with Crippen molar-refractivity contribution >= 4 is 17.4 Å². The first-order valence-electron chi connectivity index (χ1n) is 7.96. The molecule has 2 rings (SSSR count). The summed E-state index contributed by atoms with van der Waals surface area (Å²) in [5.41, 5.74) is 1.27. The first-order chi connectivity index (χ1) is 10.7. The third kappa shape index (κ3) is 4.54. The van der Waals surface area contributed by atoms with Crippen molar-refractivity contribution in [3.8, 4) is 5.75 Å². The first-order valence-corrected chi connectivity index (χ1v) is 9.25. The van der Waals surface area contributed by atoms with E-state index in [4.69, 9.17) is 4.74 Å². The number of aliphatic hydroxyl groups excluding tert-OH is 1. The molecule has 0 radical (unpaired) electrons. The summed E-state index contributed by atoms with van der Waals surface area (Å²) in [5, 5.41) is 13.3. The molecule has 4 nitrogen and oxygen atoms in total. The van der Waals surface area contributed by atoms with Crippen LogP contribution in [0.15, 0.2) is 24.3 Å². The largest absolute Gasteiger partial charge is 0.497 e. The molecule has 0 saturated carbocycles. The fourth-order valence-corrected chi connectivity index (χ4v) is 3.65. The molecular weight excluding hydrogens is 296 g/mol. The van der Waals surface area contributed by atoms with Gasteiger partial charge in [-0.3, -0.25) is 0 Å². The second kappa shape index (κ2) is 8.65. The van der Waals surface area contributed by atoms with E-state index in [1.54, 1.807) is 18.9 Å². The number of methoxy groups -OCH3 is 1. The number of hydrogen-bond acceptors (Lipinski definition) is 5. The average Bonchev–Trinajstić information content (AvgIpc) is 2.57. The van der Waals surface area contributed by atoms with Gasteiger partial charge < -0.3 is 20.1 Å². The summed E-state index contributed by atoms with van der Waals surface area (Å²) < 4.78 is 5.21. The van der Waals surface area contributed by atoms with E-state index in [1.165, 1.54) is 5.69 Å². The Morgan fingerprint density at radius 2 is 1.95 bits per heavy atom. The molecule has 1 aromatic rings.